The Balaban J connectivity index is 1.88. The zero-order valence-corrected chi connectivity index (χ0v) is 12.4. The van der Waals surface area contributed by atoms with Crippen molar-refractivity contribution in [3.63, 3.8) is 0 Å². The molecule has 0 saturated carbocycles. The Hall–Kier alpha value is -0.320. The summed E-state index contributed by atoms with van der Waals surface area (Å²) >= 11 is 12.2. The van der Waals surface area contributed by atoms with Gasteiger partial charge >= 0.3 is 0 Å². The van der Waals surface area contributed by atoms with Crippen LogP contribution in [0.5, 0.6) is 0 Å². The highest BCUT2D eigenvalue weighted by atomic mass is 35.5. The van der Waals surface area contributed by atoms with Crippen LogP contribution >= 0.6 is 23.2 Å². The highest BCUT2D eigenvalue weighted by Crippen LogP contribution is 2.27. The van der Waals surface area contributed by atoms with Gasteiger partial charge in [-0.1, -0.05) is 35.3 Å². The average molecular weight is 303 g/mol. The maximum Gasteiger partial charge on any atom is 0.0624 e. The largest absolute Gasteiger partial charge is 0.378 e. The van der Waals surface area contributed by atoms with E-state index in [0.29, 0.717) is 16.1 Å². The van der Waals surface area contributed by atoms with Crippen LogP contribution in [0.25, 0.3) is 0 Å². The summed E-state index contributed by atoms with van der Waals surface area (Å²) < 4.78 is 5.63. The van der Waals surface area contributed by atoms with Crippen molar-refractivity contribution in [3.05, 3.63) is 33.8 Å². The number of hydrogen-bond acceptors (Lipinski definition) is 3. The second-order valence-corrected chi connectivity index (χ2v) is 5.78. The summed E-state index contributed by atoms with van der Waals surface area (Å²) in [6.45, 7) is 0.894. The lowest BCUT2D eigenvalue weighted by Crippen LogP contribution is -2.37. The third kappa shape index (κ3) is 4.33. The SMILES string of the molecule is NNC(CCC1CCCO1)Cc1cccc(Cl)c1Cl. The van der Waals surface area contributed by atoms with Crippen LogP contribution in [0.2, 0.25) is 10.0 Å². The number of rotatable bonds is 6. The van der Waals surface area contributed by atoms with Crippen LogP contribution in [0.4, 0.5) is 0 Å². The third-order valence-electron chi connectivity index (χ3n) is 3.59. The molecule has 3 nitrogen and oxygen atoms in total. The van der Waals surface area contributed by atoms with E-state index < -0.39 is 0 Å². The molecule has 0 spiro atoms. The van der Waals surface area contributed by atoms with E-state index in [1.165, 1.54) is 6.42 Å². The lowest BCUT2D eigenvalue weighted by molar-refractivity contribution is 0.0996. The van der Waals surface area contributed by atoms with Crippen molar-refractivity contribution in [2.45, 2.75) is 44.2 Å². The Morgan fingerprint density at radius 1 is 1.42 bits per heavy atom. The van der Waals surface area contributed by atoms with E-state index >= 15 is 0 Å². The number of ether oxygens (including phenoxy) is 1. The third-order valence-corrected chi connectivity index (χ3v) is 4.45. The zero-order chi connectivity index (χ0) is 13.7. The summed E-state index contributed by atoms with van der Waals surface area (Å²) in [5.41, 5.74) is 3.90. The van der Waals surface area contributed by atoms with Crippen LogP contribution in [0.3, 0.4) is 0 Å². The summed E-state index contributed by atoms with van der Waals surface area (Å²) in [6.07, 6.45) is 5.52. The Bertz CT molecular complexity index is 408. The fourth-order valence-corrected chi connectivity index (χ4v) is 2.87. The summed E-state index contributed by atoms with van der Waals surface area (Å²) in [4.78, 5) is 0. The maximum absolute atomic E-state index is 6.20. The molecule has 106 valence electrons. The van der Waals surface area contributed by atoms with Gasteiger partial charge in [-0.2, -0.15) is 0 Å². The number of hydrogen-bond donors (Lipinski definition) is 2. The number of hydrazine groups is 1. The van der Waals surface area contributed by atoms with Crippen LogP contribution < -0.4 is 11.3 Å². The smallest absolute Gasteiger partial charge is 0.0624 e. The van der Waals surface area contributed by atoms with Gasteiger partial charge in [0.05, 0.1) is 16.1 Å². The highest BCUT2D eigenvalue weighted by Gasteiger charge is 2.18. The van der Waals surface area contributed by atoms with Crippen LogP contribution in [0, 0.1) is 0 Å². The maximum atomic E-state index is 6.20. The number of halogens is 2. The van der Waals surface area contributed by atoms with Gasteiger partial charge in [0.2, 0.25) is 0 Å². The Labute approximate surface area is 124 Å². The summed E-state index contributed by atoms with van der Waals surface area (Å²) in [6, 6.07) is 5.90. The molecule has 2 unspecified atom stereocenters. The standard InChI is InChI=1S/C14H20Cl2N2O/c15-13-5-1-3-10(14(13)16)9-11(18-17)6-7-12-4-2-8-19-12/h1,3,5,11-12,18H,2,4,6-9,17H2. The van der Waals surface area contributed by atoms with Gasteiger partial charge in [-0.05, 0) is 43.7 Å². The predicted molar refractivity (Wildman–Crippen MR) is 79.5 cm³/mol. The van der Waals surface area contributed by atoms with Crippen molar-refractivity contribution in [3.8, 4) is 0 Å². The van der Waals surface area contributed by atoms with E-state index in [4.69, 9.17) is 33.8 Å². The van der Waals surface area contributed by atoms with Gasteiger partial charge in [0, 0.05) is 12.6 Å². The summed E-state index contributed by atoms with van der Waals surface area (Å²) in [7, 11) is 0. The molecule has 0 aliphatic carbocycles. The first-order valence-corrected chi connectivity index (χ1v) is 7.47. The Kier molecular flexibility index (Phi) is 5.92. The zero-order valence-electron chi connectivity index (χ0n) is 10.9. The molecule has 2 atom stereocenters. The fourth-order valence-electron chi connectivity index (χ4n) is 2.47. The monoisotopic (exact) mass is 302 g/mol. The minimum atomic E-state index is 0.195. The molecule has 3 N–H and O–H groups in total. The van der Waals surface area contributed by atoms with E-state index in [-0.39, 0.29) is 6.04 Å². The first kappa shape index (κ1) is 15.1. The van der Waals surface area contributed by atoms with Gasteiger partial charge in [-0.3, -0.25) is 11.3 Å². The van der Waals surface area contributed by atoms with Crippen molar-refractivity contribution in [2.75, 3.05) is 6.61 Å². The molecule has 1 aromatic rings. The molecule has 1 saturated heterocycles. The first-order chi connectivity index (χ1) is 9.20. The lowest BCUT2D eigenvalue weighted by Gasteiger charge is -2.19. The molecule has 1 aliphatic rings. The number of benzene rings is 1. The molecule has 19 heavy (non-hydrogen) atoms. The van der Waals surface area contributed by atoms with E-state index in [1.807, 2.05) is 12.1 Å². The van der Waals surface area contributed by atoms with Crippen LogP contribution in [0.1, 0.15) is 31.2 Å². The van der Waals surface area contributed by atoms with Crippen LogP contribution in [-0.4, -0.2) is 18.8 Å². The minimum Gasteiger partial charge on any atom is -0.378 e. The van der Waals surface area contributed by atoms with Gasteiger partial charge in [-0.15, -0.1) is 0 Å². The fraction of sp³-hybridized carbons (Fsp3) is 0.571. The highest BCUT2D eigenvalue weighted by molar-refractivity contribution is 6.42. The summed E-state index contributed by atoms with van der Waals surface area (Å²) in [5, 5.41) is 1.22. The van der Waals surface area contributed by atoms with Gasteiger partial charge in [-0.25, -0.2) is 0 Å². The number of nitrogens with two attached hydrogens (primary N) is 1. The topological polar surface area (TPSA) is 47.3 Å². The van der Waals surface area contributed by atoms with E-state index in [0.717, 1.165) is 37.9 Å². The molecule has 1 aromatic carbocycles. The Morgan fingerprint density at radius 3 is 2.95 bits per heavy atom. The first-order valence-electron chi connectivity index (χ1n) is 6.71. The molecule has 0 aromatic heterocycles. The molecular weight excluding hydrogens is 283 g/mol. The van der Waals surface area contributed by atoms with Gasteiger partial charge in [0.25, 0.3) is 0 Å². The molecule has 2 rings (SSSR count). The number of nitrogens with one attached hydrogen (secondary N) is 1. The molecule has 1 aliphatic heterocycles. The average Bonchev–Trinajstić information content (AvgIpc) is 2.92. The normalized spacial score (nSPS) is 20.7. The molecule has 0 radical (unpaired) electrons. The van der Waals surface area contributed by atoms with Crippen molar-refractivity contribution >= 4 is 23.2 Å². The molecule has 1 fully saturated rings. The molecule has 1 heterocycles. The quantitative estimate of drug-likeness (QED) is 0.626. The van der Waals surface area contributed by atoms with E-state index in [2.05, 4.69) is 5.43 Å². The van der Waals surface area contributed by atoms with Gasteiger partial charge < -0.3 is 4.74 Å². The molecule has 5 heteroatoms. The predicted octanol–water partition coefficient (Wildman–Crippen LogP) is 3.33. The second kappa shape index (κ2) is 7.46. The molecule has 0 bridgehead atoms. The lowest BCUT2D eigenvalue weighted by atomic mass is 10.00. The van der Waals surface area contributed by atoms with Crippen molar-refractivity contribution < 1.29 is 4.74 Å². The minimum absolute atomic E-state index is 0.195. The summed E-state index contributed by atoms with van der Waals surface area (Å²) in [5.74, 6) is 5.63. The van der Waals surface area contributed by atoms with E-state index in [9.17, 15) is 0 Å². The van der Waals surface area contributed by atoms with Crippen LogP contribution in [0.15, 0.2) is 18.2 Å². The van der Waals surface area contributed by atoms with E-state index in [1.54, 1.807) is 6.07 Å². The second-order valence-electron chi connectivity index (χ2n) is 4.99. The van der Waals surface area contributed by atoms with Crippen molar-refractivity contribution in [1.82, 2.24) is 5.43 Å². The van der Waals surface area contributed by atoms with Gasteiger partial charge in [0.1, 0.15) is 0 Å². The van der Waals surface area contributed by atoms with Crippen molar-refractivity contribution in [1.29, 1.82) is 0 Å². The van der Waals surface area contributed by atoms with Crippen molar-refractivity contribution in [2.24, 2.45) is 5.84 Å². The van der Waals surface area contributed by atoms with Gasteiger partial charge in [0.15, 0.2) is 0 Å². The molecular formula is C14H20Cl2N2O. The Morgan fingerprint density at radius 2 is 2.26 bits per heavy atom. The molecule has 0 amide bonds. The van der Waals surface area contributed by atoms with Crippen LogP contribution in [-0.2, 0) is 11.2 Å².